The highest BCUT2D eigenvalue weighted by Crippen LogP contribution is 2.23. The van der Waals surface area contributed by atoms with Crippen LogP contribution < -0.4 is 4.74 Å². The van der Waals surface area contributed by atoms with E-state index in [2.05, 4.69) is 0 Å². The summed E-state index contributed by atoms with van der Waals surface area (Å²) in [5.74, 6) is -0.820. The summed E-state index contributed by atoms with van der Waals surface area (Å²) >= 11 is 0. The number of amides is 2. The van der Waals surface area contributed by atoms with Crippen molar-refractivity contribution in [1.82, 2.24) is 9.80 Å². The zero-order valence-electron chi connectivity index (χ0n) is 18.4. The fourth-order valence-corrected chi connectivity index (χ4v) is 3.40. The van der Waals surface area contributed by atoms with Crippen LogP contribution in [0.4, 0.5) is 4.79 Å². The summed E-state index contributed by atoms with van der Waals surface area (Å²) in [5, 5.41) is 9.25. The van der Waals surface area contributed by atoms with Gasteiger partial charge in [-0.1, -0.05) is 6.07 Å². The quantitative estimate of drug-likeness (QED) is 0.759. The van der Waals surface area contributed by atoms with Gasteiger partial charge in [0.05, 0.1) is 13.0 Å². The molecule has 1 aromatic rings. The smallest absolute Gasteiger partial charge is 0.410 e. The van der Waals surface area contributed by atoms with Crippen LogP contribution in [-0.4, -0.2) is 71.3 Å². The highest BCUT2D eigenvalue weighted by molar-refractivity contribution is 5.91. The number of piperidine rings is 1. The van der Waals surface area contributed by atoms with Crippen molar-refractivity contribution in [1.29, 1.82) is 0 Å². The largest absolute Gasteiger partial charge is 0.493 e. The molecule has 0 aliphatic carbocycles. The van der Waals surface area contributed by atoms with Gasteiger partial charge in [0.2, 0.25) is 5.91 Å². The molecular weight excluding hydrogens is 388 g/mol. The van der Waals surface area contributed by atoms with Gasteiger partial charge in [-0.2, -0.15) is 0 Å². The van der Waals surface area contributed by atoms with Crippen LogP contribution in [-0.2, 0) is 16.0 Å². The number of carboxylic acids is 1. The lowest BCUT2D eigenvalue weighted by Crippen LogP contribution is -2.48. The van der Waals surface area contributed by atoms with E-state index in [4.69, 9.17) is 9.47 Å². The third-order valence-corrected chi connectivity index (χ3v) is 4.98. The minimum Gasteiger partial charge on any atom is -0.493 e. The predicted molar refractivity (Wildman–Crippen MR) is 112 cm³/mol. The molecule has 0 atom stereocenters. The molecule has 30 heavy (non-hydrogen) atoms. The molecule has 0 bridgehead atoms. The molecule has 0 radical (unpaired) electrons. The average Bonchev–Trinajstić information content (AvgIpc) is 2.66. The Morgan fingerprint density at radius 3 is 2.37 bits per heavy atom. The summed E-state index contributed by atoms with van der Waals surface area (Å²) in [4.78, 5) is 39.7. The van der Waals surface area contributed by atoms with Crippen molar-refractivity contribution in [3.05, 3.63) is 29.3 Å². The summed E-state index contributed by atoms with van der Waals surface area (Å²) in [6.45, 7) is 8.74. The Balaban J connectivity index is 1.94. The molecule has 0 aromatic heterocycles. The van der Waals surface area contributed by atoms with Crippen LogP contribution in [0, 0.1) is 0 Å². The molecule has 8 heteroatoms. The molecule has 2 amide bonds. The number of nitrogens with zero attached hydrogens (tertiary/aromatic N) is 2. The van der Waals surface area contributed by atoms with Gasteiger partial charge in [0, 0.05) is 26.2 Å². The molecule has 0 spiro atoms. The molecule has 1 fully saturated rings. The molecule has 1 N–H and O–H groups in total. The van der Waals surface area contributed by atoms with Gasteiger partial charge in [-0.3, -0.25) is 4.79 Å². The second-order valence-corrected chi connectivity index (χ2v) is 8.45. The van der Waals surface area contributed by atoms with Crippen LogP contribution in [0.2, 0.25) is 0 Å². The number of aromatic carboxylic acids is 1. The third kappa shape index (κ3) is 6.37. The van der Waals surface area contributed by atoms with Gasteiger partial charge in [-0.05, 0) is 58.2 Å². The van der Waals surface area contributed by atoms with Crippen molar-refractivity contribution in [3.63, 3.8) is 0 Å². The maximum atomic E-state index is 12.7. The van der Waals surface area contributed by atoms with E-state index < -0.39 is 11.6 Å². The molecule has 166 valence electrons. The zero-order chi connectivity index (χ0) is 22.5. The number of hydrogen-bond acceptors (Lipinski definition) is 5. The van der Waals surface area contributed by atoms with Crippen LogP contribution in [0.15, 0.2) is 18.2 Å². The lowest BCUT2D eigenvalue weighted by Gasteiger charge is -2.37. The fraction of sp³-hybridized carbons (Fsp3) is 0.591. The Morgan fingerprint density at radius 2 is 1.83 bits per heavy atom. The van der Waals surface area contributed by atoms with Crippen molar-refractivity contribution in [2.24, 2.45) is 0 Å². The minimum atomic E-state index is -1.06. The number of likely N-dealkylation sites (tertiary alicyclic amines) is 1. The van der Waals surface area contributed by atoms with E-state index in [1.807, 2.05) is 20.8 Å². The highest BCUT2D eigenvalue weighted by atomic mass is 16.6. The maximum Gasteiger partial charge on any atom is 0.410 e. The Hall–Kier alpha value is -2.77. The molecule has 0 unspecified atom stereocenters. The number of carbonyl (C=O) groups is 3. The molecular formula is C22H32N2O6. The highest BCUT2D eigenvalue weighted by Gasteiger charge is 2.30. The summed E-state index contributed by atoms with van der Waals surface area (Å²) in [6.07, 6.45) is 1.19. The second-order valence-electron chi connectivity index (χ2n) is 8.45. The molecule has 1 aliphatic heterocycles. The Bertz CT molecular complexity index is 778. The standard InChI is InChI=1S/C22H32N2O6/c1-6-29-18-13-15(7-8-17(18)20(26)27)14-19(25)24-11-9-16(10-12-24)23(5)21(28)30-22(2,3)4/h7-8,13,16H,6,9-12,14H2,1-5H3,(H,26,27). The van der Waals surface area contributed by atoms with E-state index >= 15 is 0 Å². The number of benzene rings is 1. The fourth-order valence-electron chi connectivity index (χ4n) is 3.40. The van der Waals surface area contributed by atoms with E-state index in [-0.39, 0.29) is 35.8 Å². The van der Waals surface area contributed by atoms with Gasteiger partial charge in [0.25, 0.3) is 0 Å². The predicted octanol–water partition coefficient (Wildman–Crippen LogP) is 3.18. The molecule has 1 saturated heterocycles. The lowest BCUT2D eigenvalue weighted by atomic mass is 10.0. The topological polar surface area (TPSA) is 96.4 Å². The van der Waals surface area contributed by atoms with Crippen LogP contribution in [0.3, 0.4) is 0 Å². The maximum absolute atomic E-state index is 12.7. The van der Waals surface area contributed by atoms with Crippen LogP contribution >= 0.6 is 0 Å². The van der Waals surface area contributed by atoms with Gasteiger partial charge < -0.3 is 24.4 Å². The first kappa shape index (κ1) is 23.5. The first-order chi connectivity index (χ1) is 14.0. The number of carboxylic acid groups (broad SMARTS) is 1. The zero-order valence-corrected chi connectivity index (χ0v) is 18.4. The Morgan fingerprint density at radius 1 is 1.20 bits per heavy atom. The van der Waals surface area contributed by atoms with E-state index in [0.717, 1.165) is 0 Å². The van der Waals surface area contributed by atoms with Crippen LogP contribution in [0.5, 0.6) is 5.75 Å². The van der Waals surface area contributed by atoms with Gasteiger partial charge in [-0.25, -0.2) is 9.59 Å². The van der Waals surface area contributed by atoms with Crippen LogP contribution in [0.25, 0.3) is 0 Å². The second kappa shape index (κ2) is 9.82. The number of rotatable bonds is 6. The first-order valence-electron chi connectivity index (χ1n) is 10.2. The average molecular weight is 421 g/mol. The summed E-state index contributed by atoms with van der Waals surface area (Å²) < 4.78 is 10.8. The van der Waals surface area contributed by atoms with Crippen molar-refractivity contribution < 1.29 is 29.0 Å². The van der Waals surface area contributed by atoms with Crippen LogP contribution in [0.1, 0.15) is 56.5 Å². The molecule has 8 nitrogen and oxygen atoms in total. The summed E-state index contributed by atoms with van der Waals surface area (Å²) in [5.41, 5.74) is 0.249. The van der Waals surface area contributed by atoms with Crippen molar-refractivity contribution in [3.8, 4) is 5.75 Å². The van der Waals surface area contributed by atoms with E-state index in [0.29, 0.717) is 38.1 Å². The van der Waals surface area contributed by atoms with E-state index in [9.17, 15) is 19.5 Å². The third-order valence-electron chi connectivity index (χ3n) is 4.98. The molecule has 1 aromatic carbocycles. The lowest BCUT2D eigenvalue weighted by molar-refractivity contribution is -0.131. The normalized spacial score (nSPS) is 14.9. The monoisotopic (exact) mass is 420 g/mol. The first-order valence-corrected chi connectivity index (χ1v) is 10.2. The SMILES string of the molecule is CCOc1cc(CC(=O)N2CCC(N(C)C(=O)OC(C)(C)C)CC2)ccc1C(=O)O. The van der Waals surface area contributed by atoms with E-state index in [1.54, 1.807) is 35.9 Å². The van der Waals surface area contributed by atoms with E-state index in [1.165, 1.54) is 6.07 Å². The summed E-state index contributed by atoms with van der Waals surface area (Å²) in [7, 11) is 1.73. The van der Waals surface area contributed by atoms with Crippen molar-refractivity contribution >= 4 is 18.0 Å². The van der Waals surface area contributed by atoms with Gasteiger partial charge in [0.15, 0.2) is 0 Å². The number of hydrogen-bond donors (Lipinski definition) is 1. The van der Waals surface area contributed by atoms with Gasteiger partial charge in [-0.15, -0.1) is 0 Å². The molecule has 0 saturated carbocycles. The molecule has 1 heterocycles. The number of ether oxygens (including phenoxy) is 2. The van der Waals surface area contributed by atoms with Gasteiger partial charge >= 0.3 is 12.1 Å². The Kier molecular flexibility index (Phi) is 7.70. The van der Waals surface area contributed by atoms with Crippen molar-refractivity contribution in [2.45, 2.75) is 58.6 Å². The summed E-state index contributed by atoms with van der Waals surface area (Å²) in [6, 6.07) is 4.77. The molecule has 1 aliphatic rings. The number of carbonyl (C=O) groups excluding carboxylic acids is 2. The molecule has 2 rings (SSSR count). The minimum absolute atomic E-state index is 0.0288. The Labute approximate surface area is 177 Å². The van der Waals surface area contributed by atoms with Crippen molar-refractivity contribution in [2.75, 3.05) is 26.7 Å². The van der Waals surface area contributed by atoms with Gasteiger partial charge in [0.1, 0.15) is 16.9 Å².